The quantitative estimate of drug-likeness (QED) is 0.618. The minimum absolute atomic E-state index is 0.0282. The lowest BCUT2D eigenvalue weighted by atomic mass is 10.2. The van der Waals surface area contributed by atoms with Gasteiger partial charge < -0.3 is 11.1 Å². The van der Waals surface area contributed by atoms with Crippen LogP contribution in [0.4, 0.5) is 11.5 Å². The van der Waals surface area contributed by atoms with Gasteiger partial charge in [0.25, 0.3) is 5.69 Å². The van der Waals surface area contributed by atoms with Crippen molar-refractivity contribution < 1.29 is 4.92 Å². The number of nitrogens with zero attached hydrogens (tertiary/aromatic N) is 3. The van der Waals surface area contributed by atoms with E-state index in [1.807, 2.05) is 0 Å². The number of benzene rings is 1. The molecule has 1 aliphatic carbocycles. The Hall–Kier alpha value is -2.28. The van der Waals surface area contributed by atoms with Crippen LogP contribution in [-0.4, -0.2) is 27.0 Å². The second kappa shape index (κ2) is 3.88. The van der Waals surface area contributed by atoms with Gasteiger partial charge in [0, 0.05) is 29.6 Å². The Bertz CT molecular complexity index is 630. The summed E-state index contributed by atoms with van der Waals surface area (Å²) in [5.74, 6) is 0.599. The zero-order valence-electron chi connectivity index (χ0n) is 9.41. The first kappa shape index (κ1) is 10.8. The first-order chi connectivity index (χ1) is 8.65. The highest BCUT2D eigenvalue weighted by atomic mass is 16.6. The molecule has 1 saturated carbocycles. The van der Waals surface area contributed by atoms with Crippen LogP contribution >= 0.6 is 0 Å². The maximum Gasteiger partial charge on any atom is 0.270 e. The molecule has 0 bridgehead atoms. The summed E-state index contributed by atoms with van der Waals surface area (Å²) in [6.45, 7) is 0. The average molecular weight is 245 g/mol. The van der Waals surface area contributed by atoms with E-state index in [9.17, 15) is 10.1 Å². The van der Waals surface area contributed by atoms with E-state index >= 15 is 0 Å². The lowest BCUT2D eigenvalue weighted by Gasteiger charge is -2.06. The second-order valence-corrected chi connectivity index (χ2v) is 4.33. The Morgan fingerprint density at radius 2 is 2.22 bits per heavy atom. The van der Waals surface area contributed by atoms with Crippen LogP contribution in [0.3, 0.4) is 0 Å². The molecule has 3 rings (SSSR count). The van der Waals surface area contributed by atoms with Crippen molar-refractivity contribution in [2.45, 2.75) is 18.5 Å². The molecule has 0 radical (unpaired) electrons. The summed E-state index contributed by atoms with van der Waals surface area (Å²) in [6.07, 6.45) is 2.32. The van der Waals surface area contributed by atoms with Crippen molar-refractivity contribution in [1.82, 2.24) is 9.97 Å². The Morgan fingerprint density at radius 1 is 1.44 bits per heavy atom. The van der Waals surface area contributed by atoms with Gasteiger partial charge in [-0.15, -0.1) is 0 Å². The number of anilines is 1. The highest BCUT2D eigenvalue weighted by Crippen LogP contribution is 2.28. The summed E-state index contributed by atoms with van der Waals surface area (Å²) < 4.78 is 0. The van der Waals surface area contributed by atoms with Gasteiger partial charge in [0.2, 0.25) is 0 Å². The summed E-state index contributed by atoms with van der Waals surface area (Å²) in [5.41, 5.74) is 6.42. The van der Waals surface area contributed by atoms with Crippen LogP contribution in [0.1, 0.15) is 6.42 Å². The molecule has 2 atom stereocenters. The zero-order valence-corrected chi connectivity index (χ0v) is 9.41. The predicted octanol–water partition coefficient (Wildman–Crippen LogP) is 1.05. The molecule has 0 saturated heterocycles. The molecule has 18 heavy (non-hydrogen) atoms. The molecule has 0 amide bonds. The number of hydrogen-bond acceptors (Lipinski definition) is 6. The molecule has 0 spiro atoms. The minimum Gasteiger partial charge on any atom is -0.365 e. The number of aromatic nitrogens is 2. The molecule has 1 fully saturated rings. The van der Waals surface area contributed by atoms with Gasteiger partial charge in [0.05, 0.1) is 10.4 Å². The lowest BCUT2D eigenvalue weighted by Crippen LogP contribution is -2.14. The summed E-state index contributed by atoms with van der Waals surface area (Å²) in [4.78, 5) is 18.5. The van der Waals surface area contributed by atoms with Crippen LogP contribution in [0, 0.1) is 10.1 Å². The fraction of sp³-hybridized carbons (Fsp3) is 0.273. The molecule has 3 N–H and O–H groups in total. The number of nitrogens with two attached hydrogens (primary N) is 1. The van der Waals surface area contributed by atoms with E-state index in [4.69, 9.17) is 5.73 Å². The standard InChI is InChI=1S/C11H11N5O2/c12-8-4-10(8)15-11-7-3-6(16(17)18)1-2-9(7)13-5-14-11/h1-3,5,8,10H,4,12H2,(H,13,14,15). The molecule has 1 aliphatic rings. The van der Waals surface area contributed by atoms with Crippen LogP contribution in [0.15, 0.2) is 24.5 Å². The summed E-state index contributed by atoms with van der Waals surface area (Å²) in [6, 6.07) is 4.86. The minimum atomic E-state index is -0.431. The molecule has 2 aromatic rings. The SMILES string of the molecule is NC1CC1Nc1ncnc2ccc([N+](=O)[O-])cc12. The van der Waals surface area contributed by atoms with Gasteiger partial charge >= 0.3 is 0 Å². The Labute approximate surface area is 102 Å². The topological polar surface area (TPSA) is 107 Å². The van der Waals surface area contributed by atoms with E-state index in [0.29, 0.717) is 16.7 Å². The molecule has 1 aromatic heterocycles. The number of nitrogens with one attached hydrogen (secondary N) is 1. The van der Waals surface area contributed by atoms with Crippen molar-refractivity contribution >= 4 is 22.4 Å². The molecule has 1 heterocycles. The summed E-state index contributed by atoms with van der Waals surface area (Å²) in [7, 11) is 0. The van der Waals surface area contributed by atoms with Crippen molar-refractivity contribution in [3.63, 3.8) is 0 Å². The predicted molar refractivity (Wildman–Crippen MR) is 66.2 cm³/mol. The van der Waals surface area contributed by atoms with Crippen LogP contribution in [0.25, 0.3) is 10.9 Å². The van der Waals surface area contributed by atoms with Crippen molar-refractivity contribution in [3.05, 3.63) is 34.6 Å². The summed E-state index contributed by atoms with van der Waals surface area (Å²) >= 11 is 0. The van der Waals surface area contributed by atoms with E-state index in [2.05, 4.69) is 15.3 Å². The van der Waals surface area contributed by atoms with Crippen molar-refractivity contribution in [3.8, 4) is 0 Å². The zero-order chi connectivity index (χ0) is 12.7. The Kier molecular flexibility index (Phi) is 2.34. The van der Waals surface area contributed by atoms with Crippen molar-refractivity contribution in [2.24, 2.45) is 5.73 Å². The van der Waals surface area contributed by atoms with Gasteiger partial charge in [-0.3, -0.25) is 10.1 Å². The highest BCUT2D eigenvalue weighted by molar-refractivity contribution is 5.90. The van der Waals surface area contributed by atoms with E-state index in [1.165, 1.54) is 18.5 Å². The van der Waals surface area contributed by atoms with Crippen molar-refractivity contribution in [2.75, 3.05) is 5.32 Å². The highest BCUT2D eigenvalue weighted by Gasteiger charge is 2.34. The molecule has 7 nitrogen and oxygen atoms in total. The van der Waals surface area contributed by atoms with E-state index in [1.54, 1.807) is 6.07 Å². The molecule has 92 valence electrons. The van der Waals surface area contributed by atoms with E-state index in [-0.39, 0.29) is 17.8 Å². The molecule has 7 heteroatoms. The van der Waals surface area contributed by atoms with E-state index in [0.717, 1.165) is 6.42 Å². The number of non-ortho nitro benzene ring substituents is 1. The fourth-order valence-corrected chi connectivity index (χ4v) is 1.83. The smallest absolute Gasteiger partial charge is 0.270 e. The van der Waals surface area contributed by atoms with Gasteiger partial charge in [-0.2, -0.15) is 0 Å². The monoisotopic (exact) mass is 245 g/mol. The largest absolute Gasteiger partial charge is 0.365 e. The van der Waals surface area contributed by atoms with E-state index < -0.39 is 4.92 Å². The molecule has 0 aliphatic heterocycles. The van der Waals surface area contributed by atoms with Gasteiger partial charge in [-0.1, -0.05) is 0 Å². The third-order valence-corrected chi connectivity index (χ3v) is 2.99. The fourth-order valence-electron chi connectivity index (χ4n) is 1.83. The first-order valence-electron chi connectivity index (χ1n) is 5.56. The normalized spacial score (nSPS) is 21.8. The maximum atomic E-state index is 10.8. The molecule has 2 unspecified atom stereocenters. The molecule has 1 aromatic carbocycles. The van der Waals surface area contributed by atoms with Crippen molar-refractivity contribution in [1.29, 1.82) is 0 Å². The van der Waals surface area contributed by atoms with Gasteiger partial charge in [-0.05, 0) is 12.5 Å². The third kappa shape index (κ3) is 1.84. The first-order valence-corrected chi connectivity index (χ1v) is 5.56. The molecular weight excluding hydrogens is 234 g/mol. The molecular formula is C11H11N5O2. The average Bonchev–Trinajstić information content (AvgIpc) is 3.05. The van der Waals surface area contributed by atoms with Crippen LogP contribution in [-0.2, 0) is 0 Å². The van der Waals surface area contributed by atoms with Crippen LogP contribution in [0.5, 0.6) is 0 Å². The number of nitro groups is 1. The Morgan fingerprint density at radius 3 is 2.89 bits per heavy atom. The second-order valence-electron chi connectivity index (χ2n) is 4.33. The number of hydrogen-bond donors (Lipinski definition) is 2. The Balaban J connectivity index is 2.06. The lowest BCUT2D eigenvalue weighted by molar-refractivity contribution is -0.384. The van der Waals surface area contributed by atoms with Gasteiger partial charge in [0.1, 0.15) is 12.1 Å². The number of fused-ring (bicyclic) bond motifs is 1. The van der Waals surface area contributed by atoms with Gasteiger partial charge in [0.15, 0.2) is 0 Å². The van der Waals surface area contributed by atoms with Crippen LogP contribution in [0.2, 0.25) is 0 Å². The number of rotatable bonds is 3. The maximum absolute atomic E-state index is 10.8. The van der Waals surface area contributed by atoms with Crippen LogP contribution < -0.4 is 11.1 Å². The number of nitro benzene ring substituents is 1. The third-order valence-electron chi connectivity index (χ3n) is 2.99. The summed E-state index contributed by atoms with van der Waals surface area (Å²) in [5, 5.41) is 14.6. The van der Waals surface area contributed by atoms with Gasteiger partial charge in [-0.25, -0.2) is 9.97 Å².